The molecule has 0 unspecified atom stereocenters. The molecule has 0 aliphatic heterocycles. The third kappa shape index (κ3) is 7.11. The van der Waals surface area contributed by atoms with Gasteiger partial charge in [0.1, 0.15) is 11.8 Å². The van der Waals surface area contributed by atoms with Crippen molar-refractivity contribution in [2.45, 2.75) is 46.1 Å². The zero-order chi connectivity index (χ0) is 16.4. The predicted octanol–water partition coefficient (Wildman–Crippen LogP) is 2.18. The molecule has 2 N–H and O–H groups in total. The van der Waals surface area contributed by atoms with E-state index in [1.807, 2.05) is 38.1 Å². The van der Waals surface area contributed by atoms with Crippen molar-refractivity contribution >= 4 is 11.8 Å². The molecular weight excluding hydrogens is 280 g/mol. The lowest BCUT2D eigenvalue weighted by molar-refractivity contribution is -0.128. The van der Waals surface area contributed by atoms with Crippen molar-refractivity contribution in [3.8, 4) is 5.75 Å². The average Bonchev–Trinajstić information content (AvgIpc) is 2.49. The zero-order valence-corrected chi connectivity index (χ0v) is 13.6. The molecule has 122 valence electrons. The van der Waals surface area contributed by atoms with Crippen LogP contribution < -0.4 is 15.4 Å². The van der Waals surface area contributed by atoms with Crippen molar-refractivity contribution in [2.24, 2.45) is 0 Å². The van der Waals surface area contributed by atoms with Gasteiger partial charge in [-0.3, -0.25) is 9.59 Å². The minimum Gasteiger partial charge on any atom is -0.494 e. The summed E-state index contributed by atoms with van der Waals surface area (Å²) in [5.41, 5.74) is 1.14. The van der Waals surface area contributed by atoms with E-state index >= 15 is 0 Å². The predicted molar refractivity (Wildman–Crippen MR) is 86.8 cm³/mol. The van der Waals surface area contributed by atoms with E-state index in [1.54, 1.807) is 6.92 Å². The lowest BCUT2D eigenvalue weighted by Crippen LogP contribution is -2.45. The number of carbonyl (C=O) groups excluding carboxylic acids is 2. The highest BCUT2D eigenvalue weighted by atomic mass is 16.5. The molecule has 5 nitrogen and oxygen atoms in total. The third-order valence-electron chi connectivity index (χ3n) is 3.13. The van der Waals surface area contributed by atoms with E-state index in [1.165, 1.54) is 0 Å². The SMILES string of the molecule is CCCNC(=O)[C@H](C)NC(=O)CCCOc1cccc(C)c1. The maximum absolute atomic E-state index is 11.8. The maximum Gasteiger partial charge on any atom is 0.242 e. The van der Waals surface area contributed by atoms with Crippen LogP contribution in [0.25, 0.3) is 0 Å². The standard InChI is InChI=1S/C17H26N2O3/c1-4-10-18-17(21)14(3)19-16(20)9-6-11-22-15-8-5-7-13(2)12-15/h5,7-8,12,14H,4,6,9-11H2,1-3H3,(H,18,21)(H,19,20)/t14-/m0/s1. The van der Waals surface area contributed by atoms with E-state index < -0.39 is 6.04 Å². The van der Waals surface area contributed by atoms with Crippen LogP contribution in [0.1, 0.15) is 38.7 Å². The highest BCUT2D eigenvalue weighted by molar-refractivity contribution is 5.87. The minimum absolute atomic E-state index is 0.132. The number of amides is 2. The van der Waals surface area contributed by atoms with E-state index in [-0.39, 0.29) is 11.8 Å². The van der Waals surface area contributed by atoms with Crippen molar-refractivity contribution in [1.82, 2.24) is 10.6 Å². The van der Waals surface area contributed by atoms with Crippen molar-refractivity contribution in [1.29, 1.82) is 0 Å². The van der Waals surface area contributed by atoms with E-state index in [4.69, 9.17) is 4.74 Å². The number of carbonyl (C=O) groups is 2. The Balaban J connectivity index is 2.19. The van der Waals surface area contributed by atoms with E-state index in [9.17, 15) is 9.59 Å². The summed E-state index contributed by atoms with van der Waals surface area (Å²) in [6.07, 6.45) is 1.84. The molecule has 0 spiro atoms. The first-order valence-corrected chi connectivity index (χ1v) is 7.79. The van der Waals surface area contributed by atoms with Gasteiger partial charge in [0, 0.05) is 13.0 Å². The lowest BCUT2D eigenvalue weighted by atomic mass is 10.2. The smallest absolute Gasteiger partial charge is 0.242 e. The van der Waals surface area contributed by atoms with Gasteiger partial charge in [-0.1, -0.05) is 19.1 Å². The summed E-state index contributed by atoms with van der Waals surface area (Å²) in [7, 11) is 0. The zero-order valence-electron chi connectivity index (χ0n) is 13.6. The number of aryl methyl sites for hydroxylation is 1. The first-order valence-electron chi connectivity index (χ1n) is 7.79. The van der Waals surface area contributed by atoms with Crippen LogP contribution in [0, 0.1) is 6.92 Å². The number of hydrogen-bond donors (Lipinski definition) is 2. The van der Waals surface area contributed by atoms with Gasteiger partial charge in [0.25, 0.3) is 0 Å². The van der Waals surface area contributed by atoms with Gasteiger partial charge in [0.15, 0.2) is 0 Å². The van der Waals surface area contributed by atoms with Crippen LogP contribution in [-0.4, -0.2) is 31.0 Å². The summed E-state index contributed by atoms with van der Waals surface area (Å²) < 4.78 is 5.58. The molecule has 22 heavy (non-hydrogen) atoms. The number of hydrogen-bond acceptors (Lipinski definition) is 3. The highest BCUT2D eigenvalue weighted by Gasteiger charge is 2.14. The Bertz CT molecular complexity index is 489. The van der Waals surface area contributed by atoms with Crippen molar-refractivity contribution in [3.05, 3.63) is 29.8 Å². The monoisotopic (exact) mass is 306 g/mol. The molecule has 0 heterocycles. The molecule has 0 radical (unpaired) electrons. The second-order valence-electron chi connectivity index (χ2n) is 5.35. The fourth-order valence-electron chi connectivity index (χ4n) is 1.91. The van der Waals surface area contributed by atoms with Gasteiger partial charge in [-0.25, -0.2) is 0 Å². The Morgan fingerprint density at radius 3 is 2.77 bits per heavy atom. The molecule has 0 aliphatic carbocycles. The number of benzene rings is 1. The summed E-state index contributed by atoms with van der Waals surface area (Å²) in [6.45, 7) is 6.78. The van der Waals surface area contributed by atoms with Crippen molar-refractivity contribution in [3.63, 3.8) is 0 Å². The second kappa shape index (κ2) is 9.82. The van der Waals surface area contributed by atoms with Gasteiger partial charge >= 0.3 is 0 Å². The third-order valence-corrected chi connectivity index (χ3v) is 3.13. The molecular formula is C17H26N2O3. The van der Waals surface area contributed by atoms with Gasteiger partial charge in [-0.2, -0.15) is 0 Å². The fraction of sp³-hybridized carbons (Fsp3) is 0.529. The first-order chi connectivity index (χ1) is 10.5. The van der Waals surface area contributed by atoms with Crippen LogP contribution in [-0.2, 0) is 9.59 Å². The molecule has 0 aliphatic rings. The largest absolute Gasteiger partial charge is 0.494 e. The topological polar surface area (TPSA) is 67.4 Å². The average molecular weight is 306 g/mol. The quantitative estimate of drug-likeness (QED) is 0.687. The number of rotatable bonds is 9. The number of ether oxygens (including phenoxy) is 1. The summed E-state index contributed by atoms with van der Waals surface area (Å²) >= 11 is 0. The molecule has 0 fully saturated rings. The molecule has 0 bridgehead atoms. The molecule has 0 saturated carbocycles. The molecule has 1 aromatic rings. The molecule has 1 aromatic carbocycles. The van der Waals surface area contributed by atoms with E-state index in [0.29, 0.717) is 26.0 Å². The van der Waals surface area contributed by atoms with Gasteiger partial charge in [0.2, 0.25) is 11.8 Å². The van der Waals surface area contributed by atoms with Gasteiger partial charge in [0.05, 0.1) is 6.61 Å². The molecule has 0 saturated heterocycles. The van der Waals surface area contributed by atoms with Gasteiger partial charge in [-0.05, 0) is 44.4 Å². The number of nitrogens with one attached hydrogen (secondary N) is 2. The summed E-state index contributed by atoms with van der Waals surface area (Å²) in [5.74, 6) is 0.533. The Morgan fingerprint density at radius 2 is 2.09 bits per heavy atom. The molecule has 2 amide bonds. The molecule has 1 atom stereocenters. The second-order valence-corrected chi connectivity index (χ2v) is 5.35. The van der Waals surface area contributed by atoms with Crippen LogP contribution in [0.3, 0.4) is 0 Å². The summed E-state index contributed by atoms with van der Waals surface area (Å²) in [4.78, 5) is 23.4. The fourth-order valence-corrected chi connectivity index (χ4v) is 1.91. The first kappa shape index (κ1) is 18.0. The maximum atomic E-state index is 11.8. The summed E-state index contributed by atoms with van der Waals surface area (Å²) in [5, 5.41) is 5.44. The van der Waals surface area contributed by atoms with E-state index in [2.05, 4.69) is 10.6 Å². The van der Waals surface area contributed by atoms with Crippen molar-refractivity contribution in [2.75, 3.05) is 13.2 Å². The van der Waals surface area contributed by atoms with Crippen LogP contribution in [0.2, 0.25) is 0 Å². The van der Waals surface area contributed by atoms with Gasteiger partial charge < -0.3 is 15.4 Å². The molecule has 0 aromatic heterocycles. The van der Waals surface area contributed by atoms with Crippen molar-refractivity contribution < 1.29 is 14.3 Å². The lowest BCUT2D eigenvalue weighted by Gasteiger charge is -2.14. The van der Waals surface area contributed by atoms with Crippen LogP contribution in [0.15, 0.2) is 24.3 Å². The highest BCUT2D eigenvalue weighted by Crippen LogP contribution is 2.12. The van der Waals surface area contributed by atoms with Gasteiger partial charge in [-0.15, -0.1) is 0 Å². The minimum atomic E-state index is -0.503. The Hall–Kier alpha value is -2.04. The Morgan fingerprint density at radius 1 is 1.32 bits per heavy atom. The Kier molecular flexibility index (Phi) is 8.04. The molecule has 5 heteroatoms. The van der Waals surface area contributed by atoms with Crippen LogP contribution in [0.5, 0.6) is 5.75 Å². The van der Waals surface area contributed by atoms with Crippen LogP contribution in [0.4, 0.5) is 0 Å². The normalized spacial score (nSPS) is 11.6. The van der Waals surface area contributed by atoms with Crippen LogP contribution >= 0.6 is 0 Å². The summed E-state index contributed by atoms with van der Waals surface area (Å²) in [6, 6.07) is 7.30. The molecule has 1 rings (SSSR count). The van der Waals surface area contributed by atoms with E-state index in [0.717, 1.165) is 17.7 Å². The Labute approximate surface area is 132 Å².